The van der Waals surface area contributed by atoms with Crippen LogP contribution >= 0.6 is 27.7 Å². The molecule has 2 atom stereocenters. The normalized spacial score (nSPS) is 18.3. The van der Waals surface area contributed by atoms with Gasteiger partial charge >= 0.3 is 0 Å². The van der Waals surface area contributed by atoms with Crippen molar-refractivity contribution in [1.82, 2.24) is 19.4 Å². The molecular formula is C22H24BrN5O4S. The van der Waals surface area contributed by atoms with Gasteiger partial charge in [-0.15, -0.1) is 0 Å². The molecule has 33 heavy (non-hydrogen) atoms. The second kappa shape index (κ2) is 9.03. The van der Waals surface area contributed by atoms with Crippen LogP contribution in [0.5, 0.6) is 11.5 Å². The van der Waals surface area contributed by atoms with E-state index in [9.17, 15) is 9.90 Å². The molecule has 0 radical (unpaired) electrons. The number of fused-ring (bicyclic) bond motifs is 2. The van der Waals surface area contributed by atoms with Gasteiger partial charge in [0.2, 0.25) is 6.79 Å². The van der Waals surface area contributed by atoms with Gasteiger partial charge in [0.1, 0.15) is 11.6 Å². The van der Waals surface area contributed by atoms with Gasteiger partial charge in [-0.3, -0.25) is 4.79 Å². The van der Waals surface area contributed by atoms with Crippen LogP contribution in [0.3, 0.4) is 0 Å². The topological polar surface area (TPSA) is 116 Å². The number of nitrogen functional groups attached to an aromatic ring is 1. The van der Waals surface area contributed by atoms with Crippen molar-refractivity contribution in [2.24, 2.45) is 5.92 Å². The number of carbonyl (C=O) groups is 1. The number of hydrogen-bond acceptors (Lipinski definition) is 8. The number of aromatic nitrogens is 3. The van der Waals surface area contributed by atoms with Crippen LogP contribution in [0.1, 0.15) is 19.8 Å². The van der Waals surface area contributed by atoms with E-state index in [0.717, 1.165) is 39.4 Å². The molecule has 1 amide bonds. The number of carbonyl (C=O) groups excluding carboxylic acids is 1. The highest BCUT2D eigenvalue weighted by molar-refractivity contribution is 9.10. The van der Waals surface area contributed by atoms with Gasteiger partial charge in [-0.05, 0) is 59.8 Å². The largest absolute Gasteiger partial charge is 0.454 e. The van der Waals surface area contributed by atoms with Gasteiger partial charge in [-0.1, -0.05) is 11.8 Å². The van der Waals surface area contributed by atoms with E-state index in [1.165, 1.54) is 18.7 Å². The molecule has 0 bridgehead atoms. The number of hydrogen-bond donors (Lipinski definition) is 2. The molecule has 11 heteroatoms. The summed E-state index contributed by atoms with van der Waals surface area (Å²) in [5, 5.41) is 10.4. The quantitative estimate of drug-likeness (QED) is 0.495. The van der Waals surface area contributed by atoms with E-state index in [1.54, 1.807) is 11.1 Å². The molecule has 4 heterocycles. The van der Waals surface area contributed by atoms with Crippen LogP contribution in [-0.4, -0.2) is 56.4 Å². The van der Waals surface area contributed by atoms with E-state index in [1.807, 2.05) is 18.2 Å². The first-order valence-corrected chi connectivity index (χ1v) is 12.4. The third-order valence-corrected chi connectivity index (χ3v) is 7.98. The molecule has 0 spiro atoms. The fourth-order valence-electron chi connectivity index (χ4n) is 4.26. The van der Waals surface area contributed by atoms with Crippen LogP contribution in [0.25, 0.3) is 11.0 Å². The van der Waals surface area contributed by atoms with E-state index in [4.69, 9.17) is 20.2 Å². The van der Waals surface area contributed by atoms with E-state index in [2.05, 4.69) is 25.5 Å². The van der Waals surface area contributed by atoms with Gasteiger partial charge < -0.3 is 29.8 Å². The number of halogens is 1. The van der Waals surface area contributed by atoms with Crippen molar-refractivity contribution in [3.63, 3.8) is 0 Å². The monoisotopic (exact) mass is 533 g/mol. The van der Waals surface area contributed by atoms with Gasteiger partial charge in [-0.2, -0.15) is 0 Å². The second-order valence-corrected chi connectivity index (χ2v) is 10.1. The Morgan fingerprint density at radius 3 is 2.97 bits per heavy atom. The average Bonchev–Trinajstić information content (AvgIpc) is 3.51. The first-order chi connectivity index (χ1) is 15.9. The highest BCUT2D eigenvalue weighted by Gasteiger charge is 2.28. The number of likely N-dealkylation sites (tertiary alicyclic amines) is 1. The van der Waals surface area contributed by atoms with E-state index in [-0.39, 0.29) is 12.7 Å². The van der Waals surface area contributed by atoms with Crippen LogP contribution in [0.15, 0.2) is 38.9 Å². The smallest absolute Gasteiger partial charge is 0.251 e. The lowest BCUT2D eigenvalue weighted by molar-refractivity contribution is -0.138. The Kier molecular flexibility index (Phi) is 6.11. The molecule has 0 aliphatic carbocycles. The molecule has 9 nitrogen and oxygen atoms in total. The average molecular weight is 534 g/mol. The van der Waals surface area contributed by atoms with Crippen LogP contribution in [-0.2, 0) is 11.3 Å². The zero-order valence-corrected chi connectivity index (χ0v) is 20.4. The van der Waals surface area contributed by atoms with E-state index in [0.29, 0.717) is 41.8 Å². The second-order valence-electron chi connectivity index (χ2n) is 8.25. The Balaban J connectivity index is 1.40. The number of ether oxygens (including phenoxy) is 2. The standard InChI is InChI=1S/C22H24BrN5O4S/c1-12(29)21(30)27-6-3-13(10-27)4-7-28-15-2-5-25-20(24)19(15)26-22(28)33-18-9-17-16(8-14(18)23)31-11-32-17/h2,5,8-9,12-13,29H,3-4,6-7,10-11H2,1H3,(H2,24,25)/t12-,13?/m0/s1. The highest BCUT2D eigenvalue weighted by Crippen LogP contribution is 2.43. The maximum absolute atomic E-state index is 12.1. The van der Waals surface area contributed by atoms with Crippen molar-refractivity contribution < 1.29 is 19.4 Å². The Morgan fingerprint density at radius 2 is 2.18 bits per heavy atom. The molecular weight excluding hydrogens is 510 g/mol. The summed E-state index contributed by atoms with van der Waals surface area (Å²) < 4.78 is 14.0. The summed E-state index contributed by atoms with van der Waals surface area (Å²) in [6, 6.07) is 5.77. The van der Waals surface area contributed by atoms with Crippen molar-refractivity contribution in [3.05, 3.63) is 28.9 Å². The molecule has 174 valence electrons. The lowest BCUT2D eigenvalue weighted by Crippen LogP contribution is -2.36. The Hall–Kier alpha value is -2.50. The minimum atomic E-state index is -0.958. The van der Waals surface area contributed by atoms with Crippen LogP contribution in [0.2, 0.25) is 0 Å². The lowest BCUT2D eigenvalue weighted by atomic mass is 10.1. The zero-order chi connectivity index (χ0) is 23.1. The third kappa shape index (κ3) is 4.36. The molecule has 3 N–H and O–H groups in total. The molecule has 1 unspecified atom stereocenters. The number of aliphatic hydroxyl groups is 1. The molecule has 0 saturated carbocycles. The van der Waals surface area contributed by atoms with Crippen molar-refractivity contribution >= 4 is 50.5 Å². The number of rotatable bonds is 6. The summed E-state index contributed by atoms with van der Waals surface area (Å²) in [7, 11) is 0. The van der Waals surface area contributed by atoms with Crippen LogP contribution in [0, 0.1) is 5.92 Å². The molecule has 2 aromatic heterocycles. The predicted molar refractivity (Wildman–Crippen MR) is 127 cm³/mol. The Bertz CT molecular complexity index is 1220. The zero-order valence-electron chi connectivity index (χ0n) is 18.0. The molecule has 1 aromatic carbocycles. The van der Waals surface area contributed by atoms with Crippen LogP contribution < -0.4 is 15.2 Å². The van der Waals surface area contributed by atoms with Gasteiger partial charge in [0.25, 0.3) is 5.91 Å². The van der Waals surface area contributed by atoms with Gasteiger partial charge in [-0.25, -0.2) is 9.97 Å². The van der Waals surface area contributed by atoms with Crippen LogP contribution in [0.4, 0.5) is 5.82 Å². The minimum absolute atomic E-state index is 0.201. The number of imidazole rings is 1. The van der Waals surface area contributed by atoms with E-state index < -0.39 is 6.10 Å². The maximum atomic E-state index is 12.1. The fraction of sp³-hybridized carbons (Fsp3) is 0.409. The summed E-state index contributed by atoms with van der Waals surface area (Å²) in [4.78, 5) is 23.8. The number of anilines is 1. The lowest BCUT2D eigenvalue weighted by Gasteiger charge is -2.18. The maximum Gasteiger partial charge on any atom is 0.251 e. The molecule has 1 saturated heterocycles. The Morgan fingerprint density at radius 1 is 1.39 bits per heavy atom. The highest BCUT2D eigenvalue weighted by atomic mass is 79.9. The van der Waals surface area contributed by atoms with Crippen molar-refractivity contribution in [2.75, 3.05) is 25.6 Å². The number of aliphatic hydroxyl groups excluding tert-OH is 1. The summed E-state index contributed by atoms with van der Waals surface area (Å²) in [6.07, 6.45) is 2.54. The first kappa shape index (κ1) is 22.3. The van der Waals surface area contributed by atoms with E-state index >= 15 is 0 Å². The molecule has 2 aliphatic rings. The Labute approximate surface area is 203 Å². The van der Waals surface area contributed by atoms with Gasteiger partial charge in [0, 0.05) is 35.2 Å². The fourth-order valence-corrected chi connectivity index (χ4v) is 5.79. The first-order valence-electron chi connectivity index (χ1n) is 10.7. The SMILES string of the molecule is C[C@H](O)C(=O)N1CCC(CCn2c(Sc3cc4c(cc3Br)OCO4)nc3c(N)nccc32)C1. The predicted octanol–water partition coefficient (Wildman–Crippen LogP) is 3.28. The van der Waals surface area contributed by atoms with Gasteiger partial charge in [0.15, 0.2) is 22.5 Å². The number of pyridine rings is 1. The number of nitrogens with zero attached hydrogens (tertiary/aromatic N) is 4. The number of amides is 1. The van der Waals surface area contributed by atoms with Gasteiger partial charge in [0.05, 0.1) is 5.52 Å². The summed E-state index contributed by atoms with van der Waals surface area (Å²) in [5.41, 5.74) is 7.73. The summed E-state index contributed by atoms with van der Waals surface area (Å²) in [5.74, 6) is 1.98. The summed E-state index contributed by atoms with van der Waals surface area (Å²) in [6.45, 7) is 3.81. The van der Waals surface area contributed by atoms with Crippen molar-refractivity contribution in [1.29, 1.82) is 0 Å². The third-order valence-electron chi connectivity index (χ3n) is 6.00. The van der Waals surface area contributed by atoms with Crippen molar-refractivity contribution in [2.45, 2.75) is 42.5 Å². The molecule has 2 aliphatic heterocycles. The number of aryl methyl sites for hydroxylation is 1. The summed E-state index contributed by atoms with van der Waals surface area (Å²) >= 11 is 5.15. The molecule has 1 fully saturated rings. The number of nitrogens with two attached hydrogens (primary N) is 1. The number of benzene rings is 1. The molecule has 3 aromatic rings. The van der Waals surface area contributed by atoms with Crippen molar-refractivity contribution in [3.8, 4) is 11.5 Å². The minimum Gasteiger partial charge on any atom is -0.454 e. The molecule has 5 rings (SSSR count).